The normalized spacial score (nSPS) is 19.5. The third kappa shape index (κ3) is 1.76. The Morgan fingerprint density at radius 2 is 2.27 bits per heavy atom. The fraction of sp³-hybridized carbons (Fsp3) is 0.200. The average Bonchev–Trinajstić information content (AvgIpc) is 2.67. The Bertz CT molecular complexity index is 427. The number of benzene rings is 1. The maximum Gasteiger partial charge on any atom is 0.172 e. The Morgan fingerprint density at radius 3 is 2.87 bits per heavy atom. The Hall–Kier alpha value is -2.04. The van der Waals surface area contributed by atoms with Crippen LogP contribution in [0.15, 0.2) is 29.4 Å². The van der Waals surface area contributed by atoms with Gasteiger partial charge in [-0.05, 0) is 12.1 Å². The largest absolute Gasteiger partial charge is 0.546 e. The van der Waals surface area contributed by atoms with Crippen molar-refractivity contribution in [2.45, 2.75) is 12.5 Å². The summed E-state index contributed by atoms with van der Waals surface area (Å²) in [6, 6.07) is 6.55. The summed E-state index contributed by atoms with van der Waals surface area (Å²) < 4.78 is 0. The van der Waals surface area contributed by atoms with Crippen LogP contribution in [0.4, 0.5) is 0 Å². The first-order valence-electron chi connectivity index (χ1n) is 4.40. The van der Waals surface area contributed by atoms with Gasteiger partial charge in [0.1, 0.15) is 5.75 Å². The standard InChI is InChI=1S/C10H9NO4/c12-8-4-2-1-3-6(8)7-5-9(10(13)14)15-11-7/h1-4,9,12H,5H2,(H,13,14)/p-1/t9-/m0/s1. The number of aliphatic carboxylic acids is 1. The van der Waals surface area contributed by atoms with Crippen LogP contribution in [0.2, 0.25) is 0 Å². The minimum atomic E-state index is -1.30. The van der Waals surface area contributed by atoms with Gasteiger partial charge in [0, 0.05) is 12.0 Å². The van der Waals surface area contributed by atoms with E-state index in [4.69, 9.17) is 0 Å². The zero-order valence-corrected chi connectivity index (χ0v) is 7.71. The molecule has 1 aromatic carbocycles. The molecule has 0 saturated carbocycles. The molecule has 2 rings (SSSR count). The van der Waals surface area contributed by atoms with Crippen LogP contribution in [0.1, 0.15) is 12.0 Å². The van der Waals surface area contributed by atoms with Crippen molar-refractivity contribution >= 4 is 11.7 Å². The van der Waals surface area contributed by atoms with Crippen LogP contribution < -0.4 is 5.11 Å². The number of rotatable bonds is 2. The summed E-state index contributed by atoms with van der Waals surface area (Å²) in [6.07, 6.45) is -0.945. The van der Waals surface area contributed by atoms with E-state index in [0.717, 1.165) is 0 Å². The smallest absolute Gasteiger partial charge is 0.172 e. The second-order valence-electron chi connectivity index (χ2n) is 3.17. The molecule has 5 heteroatoms. The van der Waals surface area contributed by atoms with Gasteiger partial charge in [0.25, 0.3) is 0 Å². The number of para-hydroxylation sites is 1. The number of carboxylic acid groups (broad SMARTS) is 1. The molecule has 15 heavy (non-hydrogen) atoms. The topological polar surface area (TPSA) is 82.0 Å². The lowest BCUT2D eigenvalue weighted by Crippen LogP contribution is -2.35. The fourth-order valence-corrected chi connectivity index (χ4v) is 1.38. The molecule has 0 bridgehead atoms. The van der Waals surface area contributed by atoms with Crippen LogP contribution in [-0.4, -0.2) is 22.9 Å². The Balaban J connectivity index is 2.21. The van der Waals surface area contributed by atoms with Gasteiger partial charge in [-0.15, -0.1) is 0 Å². The van der Waals surface area contributed by atoms with E-state index in [-0.39, 0.29) is 12.2 Å². The molecule has 0 radical (unpaired) electrons. The lowest BCUT2D eigenvalue weighted by molar-refractivity contribution is -0.315. The Labute approximate surface area is 85.6 Å². The number of phenols is 1. The predicted molar refractivity (Wildman–Crippen MR) is 49.1 cm³/mol. The van der Waals surface area contributed by atoms with Crippen molar-refractivity contribution in [1.82, 2.24) is 0 Å². The highest BCUT2D eigenvalue weighted by Crippen LogP contribution is 2.23. The second kappa shape index (κ2) is 3.61. The number of carboxylic acids is 1. The summed E-state index contributed by atoms with van der Waals surface area (Å²) in [5.41, 5.74) is 0.906. The lowest BCUT2D eigenvalue weighted by Gasteiger charge is -2.07. The molecule has 1 atom stereocenters. The van der Waals surface area contributed by atoms with Crippen LogP contribution >= 0.6 is 0 Å². The van der Waals surface area contributed by atoms with E-state index in [1.54, 1.807) is 18.2 Å². The first kappa shape index (κ1) is 9.51. The zero-order valence-electron chi connectivity index (χ0n) is 7.71. The molecule has 1 heterocycles. The molecule has 1 aliphatic rings. The minimum absolute atomic E-state index is 0.0545. The first-order valence-corrected chi connectivity index (χ1v) is 4.40. The number of phenolic OH excluding ortho intramolecular Hbond substituents is 1. The van der Waals surface area contributed by atoms with Crippen molar-refractivity contribution in [1.29, 1.82) is 0 Å². The monoisotopic (exact) mass is 206 g/mol. The molecule has 1 N–H and O–H groups in total. The molecule has 0 aliphatic carbocycles. The zero-order chi connectivity index (χ0) is 10.8. The number of hydrogen-bond acceptors (Lipinski definition) is 5. The SMILES string of the molecule is O=C([O-])[C@@H]1CC(c2ccccc2O)=NO1. The molecule has 1 aliphatic heterocycles. The van der Waals surface area contributed by atoms with Crippen LogP contribution in [0, 0.1) is 0 Å². The molecule has 0 saturated heterocycles. The van der Waals surface area contributed by atoms with Gasteiger partial charge in [-0.2, -0.15) is 0 Å². The van der Waals surface area contributed by atoms with E-state index in [0.29, 0.717) is 11.3 Å². The first-order chi connectivity index (χ1) is 7.18. The molecule has 5 nitrogen and oxygen atoms in total. The van der Waals surface area contributed by atoms with Crippen molar-refractivity contribution in [3.63, 3.8) is 0 Å². The molecule has 0 fully saturated rings. The van der Waals surface area contributed by atoms with Gasteiger partial charge in [0.2, 0.25) is 0 Å². The van der Waals surface area contributed by atoms with Gasteiger partial charge in [-0.1, -0.05) is 17.3 Å². The highest BCUT2D eigenvalue weighted by atomic mass is 16.7. The third-order valence-corrected chi connectivity index (χ3v) is 2.15. The van der Waals surface area contributed by atoms with E-state index < -0.39 is 12.1 Å². The molecule has 0 spiro atoms. The predicted octanol–water partition coefficient (Wildman–Crippen LogP) is -0.365. The summed E-state index contributed by atoms with van der Waals surface area (Å²) >= 11 is 0. The molecule has 78 valence electrons. The van der Waals surface area contributed by atoms with Crippen molar-refractivity contribution < 1.29 is 19.8 Å². The lowest BCUT2D eigenvalue weighted by atomic mass is 10.0. The Kier molecular flexibility index (Phi) is 2.29. The quantitative estimate of drug-likeness (QED) is 0.716. The molecule has 0 amide bonds. The number of carbonyl (C=O) groups excluding carboxylic acids is 1. The molecule has 1 aromatic rings. The van der Waals surface area contributed by atoms with Gasteiger partial charge in [0.05, 0.1) is 11.7 Å². The number of carbonyl (C=O) groups is 1. The van der Waals surface area contributed by atoms with E-state index in [1.165, 1.54) is 6.07 Å². The van der Waals surface area contributed by atoms with E-state index >= 15 is 0 Å². The van der Waals surface area contributed by atoms with Crippen molar-refractivity contribution in [3.05, 3.63) is 29.8 Å². The minimum Gasteiger partial charge on any atom is -0.546 e. The van der Waals surface area contributed by atoms with Gasteiger partial charge in [-0.25, -0.2) is 0 Å². The van der Waals surface area contributed by atoms with Crippen LogP contribution in [0.25, 0.3) is 0 Å². The third-order valence-electron chi connectivity index (χ3n) is 2.15. The average molecular weight is 206 g/mol. The number of nitrogens with zero attached hydrogens (tertiary/aromatic N) is 1. The van der Waals surface area contributed by atoms with Crippen LogP contribution in [0.5, 0.6) is 5.75 Å². The van der Waals surface area contributed by atoms with Crippen molar-refractivity contribution in [3.8, 4) is 5.75 Å². The maximum atomic E-state index is 10.5. The maximum absolute atomic E-state index is 10.5. The van der Waals surface area contributed by atoms with Gasteiger partial charge < -0.3 is 19.8 Å². The van der Waals surface area contributed by atoms with Gasteiger partial charge in [-0.3, -0.25) is 0 Å². The number of oxime groups is 1. The summed E-state index contributed by atoms with van der Waals surface area (Å²) in [7, 11) is 0. The molecule has 0 aromatic heterocycles. The van der Waals surface area contributed by atoms with Gasteiger partial charge >= 0.3 is 0 Å². The second-order valence-corrected chi connectivity index (χ2v) is 3.17. The van der Waals surface area contributed by atoms with Crippen LogP contribution in [-0.2, 0) is 9.63 Å². The highest BCUT2D eigenvalue weighted by Gasteiger charge is 2.24. The molecular formula is C10H8NO4-. The molecule has 0 unspecified atom stereocenters. The summed E-state index contributed by atoms with van der Waals surface area (Å²) in [5, 5.41) is 23.6. The highest BCUT2D eigenvalue weighted by molar-refractivity contribution is 6.05. The number of hydrogen-bond donors (Lipinski definition) is 1. The summed E-state index contributed by atoms with van der Waals surface area (Å²) in [6.45, 7) is 0. The number of aromatic hydroxyl groups is 1. The Morgan fingerprint density at radius 1 is 1.53 bits per heavy atom. The fourth-order valence-electron chi connectivity index (χ4n) is 1.38. The summed E-state index contributed by atoms with van der Waals surface area (Å²) in [5.74, 6) is -1.25. The molecular weight excluding hydrogens is 198 g/mol. The summed E-state index contributed by atoms with van der Waals surface area (Å²) in [4.78, 5) is 15.1. The van der Waals surface area contributed by atoms with E-state index in [1.807, 2.05) is 0 Å². The van der Waals surface area contributed by atoms with Crippen LogP contribution in [0.3, 0.4) is 0 Å². The van der Waals surface area contributed by atoms with Gasteiger partial charge in [0.15, 0.2) is 6.10 Å². The van der Waals surface area contributed by atoms with E-state index in [2.05, 4.69) is 9.99 Å². The van der Waals surface area contributed by atoms with E-state index in [9.17, 15) is 15.0 Å². The van der Waals surface area contributed by atoms with Crippen molar-refractivity contribution in [2.24, 2.45) is 5.16 Å². The van der Waals surface area contributed by atoms with Crippen molar-refractivity contribution in [2.75, 3.05) is 0 Å².